The molecule has 0 spiro atoms. The Morgan fingerprint density at radius 3 is 2.36 bits per heavy atom. The molecule has 2 aromatic rings. The third-order valence-corrected chi connectivity index (χ3v) is 4.95. The second kappa shape index (κ2) is 8.43. The second-order valence-corrected chi connectivity index (χ2v) is 6.49. The van der Waals surface area contributed by atoms with Gasteiger partial charge < -0.3 is 15.7 Å². The highest BCUT2D eigenvalue weighted by Crippen LogP contribution is 2.27. The van der Waals surface area contributed by atoms with Crippen molar-refractivity contribution >= 4 is 29.1 Å². The topological polar surface area (TPSA) is 95.5 Å². The van der Waals surface area contributed by atoms with E-state index in [0.717, 1.165) is 0 Å². The van der Waals surface area contributed by atoms with E-state index in [4.69, 9.17) is 0 Å². The Kier molecular flexibility index (Phi) is 6.30. The predicted molar refractivity (Wildman–Crippen MR) is 95.7 cm³/mol. The Hall–Kier alpha value is -2.67. The first kappa shape index (κ1) is 18.7. The van der Waals surface area contributed by atoms with Gasteiger partial charge in [-0.2, -0.15) is 0 Å². The van der Waals surface area contributed by atoms with Crippen molar-refractivity contribution in [1.29, 1.82) is 0 Å². The Bertz CT molecular complexity index is 731. The molecule has 1 aromatic carbocycles. The normalized spacial score (nSPS) is 12.8. The number of carbonyl (C=O) groups is 3. The number of benzene rings is 1. The first-order chi connectivity index (χ1) is 12.0. The Morgan fingerprint density at radius 1 is 1.08 bits per heavy atom. The lowest BCUT2D eigenvalue weighted by Gasteiger charge is -2.29. The summed E-state index contributed by atoms with van der Waals surface area (Å²) in [5.74, 6) is -1.75. The van der Waals surface area contributed by atoms with Gasteiger partial charge in [0.15, 0.2) is 0 Å². The van der Waals surface area contributed by atoms with E-state index in [1.165, 1.54) is 11.3 Å². The van der Waals surface area contributed by atoms with Crippen LogP contribution in [0.1, 0.15) is 28.6 Å². The van der Waals surface area contributed by atoms with Crippen LogP contribution in [0.2, 0.25) is 0 Å². The summed E-state index contributed by atoms with van der Waals surface area (Å²) in [4.78, 5) is 36.2. The molecule has 132 valence electrons. The van der Waals surface area contributed by atoms with Crippen LogP contribution in [-0.4, -0.2) is 36.0 Å². The fourth-order valence-electron chi connectivity index (χ4n) is 2.51. The fraction of sp³-hybridized carbons (Fsp3) is 0.278. The van der Waals surface area contributed by atoms with Crippen LogP contribution in [0.5, 0.6) is 0 Å². The second-order valence-electron chi connectivity index (χ2n) is 5.54. The fourth-order valence-corrected chi connectivity index (χ4v) is 3.15. The minimum absolute atomic E-state index is 0.0451. The molecule has 0 aliphatic heterocycles. The highest BCUT2D eigenvalue weighted by Gasteiger charge is 2.38. The van der Waals surface area contributed by atoms with Gasteiger partial charge in [-0.3, -0.25) is 14.4 Å². The van der Waals surface area contributed by atoms with Crippen molar-refractivity contribution in [2.45, 2.75) is 18.8 Å². The quantitative estimate of drug-likeness (QED) is 0.671. The molecule has 7 heteroatoms. The number of carboxylic acid groups (broad SMARTS) is 1. The van der Waals surface area contributed by atoms with Crippen LogP contribution >= 0.6 is 11.3 Å². The molecule has 6 nitrogen and oxygen atoms in total. The molecule has 0 aliphatic rings. The summed E-state index contributed by atoms with van der Waals surface area (Å²) < 4.78 is 0. The SMILES string of the molecule is CCC(CNC(=O)CNC(=O)c1cccs1)(C(=O)O)c1ccccc1. The van der Waals surface area contributed by atoms with Crippen LogP contribution in [0.3, 0.4) is 0 Å². The summed E-state index contributed by atoms with van der Waals surface area (Å²) in [7, 11) is 0. The summed E-state index contributed by atoms with van der Waals surface area (Å²) in [6, 6.07) is 12.2. The first-order valence-corrected chi connectivity index (χ1v) is 8.75. The lowest BCUT2D eigenvalue weighted by atomic mass is 9.78. The van der Waals surface area contributed by atoms with Gasteiger partial charge in [0, 0.05) is 6.54 Å². The van der Waals surface area contributed by atoms with Gasteiger partial charge in [0.05, 0.1) is 11.4 Å². The van der Waals surface area contributed by atoms with E-state index in [2.05, 4.69) is 10.6 Å². The van der Waals surface area contributed by atoms with E-state index in [1.807, 2.05) is 6.07 Å². The lowest BCUT2D eigenvalue weighted by Crippen LogP contribution is -2.48. The van der Waals surface area contributed by atoms with Crippen LogP contribution in [-0.2, 0) is 15.0 Å². The molecule has 1 unspecified atom stereocenters. The third kappa shape index (κ3) is 4.45. The summed E-state index contributed by atoms with van der Waals surface area (Å²) in [6.45, 7) is 1.52. The summed E-state index contributed by atoms with van der Waals surface area (Å²) in [6.07, 6.45) is 0.328. The van der Waals surface area contributed by atoms with Crippen molar-refractivity contribution in [2.75, 3.05) is 13.1 Å². The maximum atomic E-state index is 12.0. The van der Waals surface area contributed by atoms with Crippen LogP contribution in [0.4, 0.5) is 0 Å². The Balaban J connectivity index is 1.97. The molecule has 0 saturated heterocycles. The summed E-state index contributed by atoms with van der Waals surface area (Å²) >= 11 is 1.28. The molecule has 1 atom stereocenters. The first-order valence-electron chi connectivity index (χ1n) is 7.87. The minimum Gasteiger partial charge on any atom is -0.481 e. The molecule has 2 rings (SSSR count). The molecular formula is C18H20N2O4S. The van der Waals surface area contributed by atoms with E-state index < -0.39 is 17.3 Å². The van der Waals surface area contributed by atoms with Gasteiger partial charge in [0.25, 0.3) is 5.91 Å². The monoisotopic (exact) mass is 360 g/mol. The number of hydrogen-bond acceptors (Lipinski definition) is 4. The smallest absolute Gasteiger partial charge is 0.315 e. The molecule has 1 heterocycles. The van der Waals surface area contributed by atoms with Crippen LogP contribution < -0.4 is 10.6 Å². The molecule has 0 radical (unpaired) electrons. The van der Waals surface area contributed by atoms with Crippen molar-refractivity contribution in [3.8, 4) is 0 Å². The number of hydrogen-bond donors (Lipinski definition) is 3. The molecule has 2 amide bonds. The zero-order valence-electron chi connectivity index (χ0n) is 13.8. The zero-order valence-corrected chi connectivity index (χ0v) is 14.6. The van der Waals surface area contributed by atoms with Crippen molar-refractivity contribution in [1.82, 2.24) is 10.6 Å². The largest absolute Gasteiger partial charge is 0.481 e. The Labute approximate surface area is 149 Å². The summed E-state index contributed by atoms with van der Waals surface area (Å²) in [5.41, 5.74) is -0.567. The van der Waals surface area contributed by atoms with E-state index in [-0.39, 0.29) is 19.0 Å². The van der Waals surface area contributed by atoms with Gasteiger partial charge in [-0.05, 0) is 23.4 Å². The number of nitrogens with one attached hydrogen (secondary N) is 2. The third-order valence-electron chi connectivity index (χ3n) is 4.08. The van der Waals surface area contributed by atoms with E-state index in [9.17, 15) is 19.5 Å². The van der Waals surface area contributed by atoms with Crippen LogP contribution in [0.15, 0.2) is 47.8 Å². The predicted octanol–water partition coefficient (Wildman–Crippen LogP) is 2.03. The molecule has 1 aromatic heterocycles. The van der Waals surface area contributed by atoms with Gasteiger partial charge in [-0.25, -0.2) is 0 Å². The van der Waals surface area contributed by atoms with Gasteiger partial charge in [-0.1, -0.05) is 43.3 Å². The molecule has 3 N–H and O–H groups in total. The van der Waals surface area contributed by atoms with Crippen molar-refractivity contribution in [3.63, 3.8) is 0 Å². The summed E-state index contributed by atoms with van der Waals surface area (Å²) in [5, 5.41) is 16.6. The molecule has 0 saturated carbocycles. The van der Waals surface area contributed by atoms with E-state index >= 15 is 0 Å². The Morgan fingerprint density at radius 2 is 1.80 bits per heavy atom. The van der Waals surface area contributed by atoms with Crippen molar-refractivity contribution in [2.24, 2.45) is 0 Å². The molecule has 0 fully saturated rings. The number of rotatable bonds is 8. The van der Waals surface area contributed by atoms with Crippen LogP contribution in [0.25, 0.3) is 0 Å². The van der Waals surface area contributed by atoms with Crippen molar-refractivity contribution < 1.29 is 19.5 Å². The number of amides is 2. The highest BCUT2D eigenvalue weighted by atomic mass is 32.1. The molecule has 0 aliphatic carbocycles. The van der Waals surface area contributed by atoms with Crippen LogP contribution in [0, 0.1) is 0 Å². The van der Waals surface area contributed by atoms with E-state index in [0.29, 0.717) is 16.9 Å². The number of thiophene rings is 1. The van der Waals surface area contributed by atoms with Gasteiger partial charge in [0.1, 0.15) is 5.41 Å². The zero-order chi connectivity index (χ0) is 18.3. The maximum absolute atomic E-state index is 12.0. The maximum Gasteiger partial charge on any atom is 0.315 e. The van der Waals surface area contributed by atoms with Gasteiger partial charge >= 0.3 is 5.97 Å². The minimum atomic E-state index is -1.20. The number of carboxylic acids is 1. The molecule has 25 heavy (non-hydrogen) atoms. The van der Waals surface area contributed by atoms with E-state index in [1.54, 1.807) is 48.7 Å². The average Bonchev–Trinajstić information content (AvgIpc) is 3.16. The number of carbonyl (C=O) groups excluding carboxylic acids is 2. The van der Waals surface area contributed by atoms with Crippen molar-refractivity contribution in [3.05, 3.63) is 58.3 Å². The highest BCUT2D eigenvalue weighted by molar-refractivity contribution is 7.12. The van der Waals surface area contributed by atoms with Gasteiger partial charge in [-0.15, -0.1) is 11.3 Å². The lowest BCUT2D eigenvalue weighted by molar-refractivity contribution is -0.144. The molecular weight excluding hydrogens is 340 g/mol. The number of aliphatic carboxylic acids is 1. The standard InChI is InChI=1S/C18H20N2O4S/c1-2-18(17(23)24,13-7-4-3-5-8-13)12-20-15(21)11-19-16(22)14-9-6-10-25-14/h3-10H,2,11-12H2,1H3,(H,19,22)(H,20,21)(H,23,24). The average molecular weight is 360 g/mol. The molecule has 0 bridgehead atoms. The van der Waals surface area contributed by atoms with Gasteiger partial charge in [0.2, 0.25) is 5.91 Å².